The van der Waals surface area contributed by atoms with Gasteiger partial charge in [0, 0.05) is 11.4 Å². The molecule has 1 atom stereocenters. The van der Waals surface area contributed by atoms with E-state index in [-0.39, 0.29) is 0 Å². The van der Waals surface area contributed by atoms with E-state index >= 15 is 0 Å². The maximum atomic E-state index is 6.16. The van der Waals surface area contributed by atoms with Crippen molar-refractivity contribution in [3.63, 3.8) is 0 Å². The summed E-state index contributed by atoms with van der Waals surface area (Å²) >= 11 is 6.16. The highest BCUT2D eigenvalue weighted by Gasteiger charge is 2.23. The molecule has 0 radical (unpaired) electrons. The van der Waals surface area contributed by atoms with Gasteiger partial charge in [-0.2, -0.15) is 0 Å². The van der Waals surface area contributed by atoms with Gasteiger partial charge in [0.25, 0.3) is 0 Å². The van der Waals surface area contributed by atoms with Gasteiger partial charge in [-0.3, -0.25) is 0 Å². The fourth-order valence-corrected chi connectivity index (χ4v) is 2.78. The van der Waals surface area contributed by atoms with Crippen LogP contribution in [0, 0.1) is 5.92 Å². The van der Waals surface area contributed by atoms with E-state index in [1.54, 1.807) is 0 Å². The molecule has 2 aromatic rings. The number of hydrogen-bond donors (Lipinski definition) is 1. The van der Waals surface area contributed by atoms with Crippen LogP contribution >= 0.6 is 11.6 Å². The molecule has 1 heterocycles. The van der Waals surface area contributed by atoms with Crippen LogP contribution in [-0.4, -0.2) is 11.5 Å². The van der Waals surface area contributed by atoms with Crippen LogP contribution in [0.3, 0.4) is 0 Å². The fraction of sp³-hybridized carbons (Fsp3) is 0.400. The molecule has 1 aliphatic carbocycles. The van der Waals surface area contributed by atoms with E-state index in [0.29, 0.717) is 12.3 Å². The predicted octanol–water partition coefficient (Wildman–Crippen LogP) is 2.98. The summed E-state index contributed by atoms with van der Waals surface area (Å²) < 4.78 is 5.87. The minimum atomic E-state index is 0.536. The standard InChI is InChI=1S/C15H17ClN2O/c16-12-4-2-1-3-11(12)8-15-18-13-6-5-10(9-17)7-14(13)19-15/h1-4,10H,5-9,17H2. The Labute approximate surface area is 117 Å². The summed E-state index contributed by atoms with van der Waals surface area (Å²) in [6, 6.07) is 7.81. The van der Waals surface area contributed by atoms with Gasteiger partial charge in [0.1, 0.15) is 5.76 Å². The predicted molar refractivity (Wildman–Crippen MR) is 75.3 cm³/mol. The van der Waals surface area contributed by atoms with E-state index < -0.39 is 0 Å². The zero-order valence-corrected chi connectivity index (χ0v) is 11.5. The Morgan fingerprint density at radius 2 is 2.21 bits per heavy atom. The molecule has 0 saturated carbocycles. The van der Waals surface area contributed by atoms with Gasteiger partial charge >= 0.3 is 0 Å². The van der Waals surface area contributed by atoms with Crippen molar-refractivity contribution in [2.75, 3.05) is 6.54 Å². The molecule has 0 bridgehead atoms. The summed E-state index contributed by atoms with van der Waals surface area (Å²) in [4.78, 5) is 4.59. The molecule has 1 unspecified atom stereocenters. The van der Waals surface area contributed by atoms with Gasteiger partial charge in [0.15, 0.2) is 5.89 Å². The van der Waals surface area contributed by atoms with E-state index in [4.69, 9.17) is 21.8 Å². The molecule has 0 spiro atoms. The van der Waals surface area contributed by atoms with E-state index in [1.807, 2.05) is 24.3 Å². The van der Waals surface area contributed by atoms with E-state index in [0.717, 1.165) is 53.7 Å². The average molecular weight is 277 g/mol. The zero-order chi connectivity index (χ0) is 13.2. The van der Waals surface area contributed by atoms with Gasteiger partial charge < -0.3 is 10.2 Å². The van der Waals surface area contributed by atoms with E-state index in [9.17, 15) is 0 Å². The number of nitrogens with two attached hydrogens (primary N) is 1. The van der Waals surface area contributed by atoms with Crippen molar-refractivity contribution in [2.45, 2.75) is 25.7 Å². The highest BCUT2D eigenvalue weighted by atomic mass is 35.5. The van der Waals surface area contributed by atoms with Crippen LogP contribution in [0.4, 0.5) is 0 Å². The lowest BCUT2D eigenvalue weighted by atomic mass is 9.91. The van der Waals surface area contributed by atoms with E-state index in [2.05, 4.69) is 4.98 Å². The lowest BCUT2D eigenvalue weighted by Gasteiger charge is -2.17. The smallest absolute Gasteiger partial charge is 0.199 e. The van der Waals surface area contributed by atoms with E-state index in [1.165, 1.54) is 0 Å². The van der Waals surface area contributed by atoms with Crippen LogP contribution in [-0.2, 0) is 19.3 Å². The molecule has 1 aliphatic rings. The van der Waals surface area contributed by atoms with Crippen LogP contribution in [0.25, 0.3) is 0 Å². The summed E-state index contributed by atoms with van der Waals surface area (Å²) in [5.41, 5.74) is 7.89. The van der Waals surface area contributed by atoms with Crippen LogP contribution in [0.15, 0.2) is 28.7 Å². The second-order valence-corrected chi connectivity index (χ2v) is 5.50. The van der Waals surface area contributed by atoms with Gasteiger partial charge in [-0.05, 0) is 36.9 Å². The first kappa shape index (κ1) is 12.7. The Morgan fingerprint density at radius 3 is 3.00 bits per heavy atom. The third kappa shape index (κ3) is 2.67. The van der Waals surface area contributed by atoms with Crippen molar-refractivity contribution in [3.8, 4) is 0 Å². The first-order valence-electron chi connectivity index (χ1n) is 6.67. The summed E-state index contributed by atoms with van der Waals surface area (Å²) in [5, 5.41) is 0.763. The van der Waals surface area contributed by atoms with Crippen LogP contribution in [0.1, 0.15) is 29.3 Å². The summed E-state index contributed by atoms with van der Waals surface area (Å²) in [6.45, 7) is 0.722. The second-order valence-electron chi connectivity index (χ2n) is 5.09. The van der Waals surface area contributed by atoms with Crippen molar-refractivity contribution < 1.29 is 4.42 Å². The fourth-order valence-electron chi connectivity index (χ4n) is 2.58. The SMILES string of the molecule is NCC1CCc2nc(Cc3ccccc3Cl)oc2C1. The van der Waals surface area contributed by atoms with Crippen molar-refractivity contribution in [3.05, 3.63) is 52.2 Å². The molecule has 1 aromatic carbocycles. The summed E-state index contributed by atoms with van der Waals surface area (Å²) in [7, 11) is 0. The molecular weight excluding hydrogens is 260 g/mol. The highest BCUT2D eigenvalue weighted by Crippen LogP contribution is 2.27. The highest BCUT2D eigenvalue weighted by molar-refractivity contribution is 6.31. The van der Waals surface area contributed by atoms with Crippen LogP contribution in [0.2, 0.25) is 5.02 Å². The first-order valence-corrected chi connectivity index (χ1v) is 7.05. The number of halogens is 1. The van der Waals surface area contributed by atoms with Crippen LogP contribution < -0.4 is 5.73 Å². The Kier molecular flexibility index (Phi) is 3.58. The lowest BCUT2D eigenvalue weighted by Crippen LogP contribution is -2.21. The number of aryl methyl sites for hydroxylation is 1. The molecule has 0 fully saturated rings. The van der Waals surface area contributed by atoms with Crippen LogP contribution in [0.5, 0.6) is 0 Å². The van der Waals surface area contributed by atoms with Crippen molar-refractivity contribution in [1.29, 1.82) is 0 Å². The third-order valence-corrected chi connectivity index (χ3v) is 4.09. The number of hydrogen-bond acceptors (Lipinski definition) is 3. The average Bonchev–Trinajstić information content (AvgIpc) is 2.82. The number of nitrogens with zero attached hydrogens (tertiary/aromatic N) is 1. The third-order valence-electron chi connectivity index (χ3n) is 3.72. The lowest BCUT2D eigenvalue weighted by molar-refractivity contribution is 0.386. The Bertz CT molecular complexity index is 579. The Hall–Kier alpha value is -1.32. The molecule has 0 aliphatic heterocycles. The van der Waals surface area contributed by atoms with Crippen molar-refractivity contribution in [1.82, 2.24) is 4.98 Å². The summed E-state index contributed by atoms with van der Waals surface area (Å²) in [5.74, 6) is 2.31. The van der Waals surface area contributed by atoms with Gasteiger partial charge in [0.05, 0.1) is 12.1 Å². The Morgan fingerprint density at radius 1 is 1.37 bits per heavy atom. The minimum Gasteiger partial charge on any atom is -0.445 e. The molecule has 1 aromatic heterocycles. The zero-order valence-electron chi connectivity index (χ0n) is 10.7. The van der Waals surface area contributed by atoms with Gasteiger partial charge in [0.2, 0.25) is 0 Å². The first-order chi connectivity index (χ1) is 9.26. The molecule has 2 N–H and O–H groups in total. The quantitative estimate of drug-likeness (QED) is 0.938. The molecule has 4 heteroatoms. The maximum Gasteiger partial charge on any atom is 0.199 e. The number of aromatic nitrogens is 1. The molecule has 100 valence electrons. The molecule has 19 heavy (non-hydrogen) atoms. The Balaban J connectivity index is 1.80. The number of fused-ring (bicyclic) bond motifs is 1. The van der Waals surface area contributed by atoms with Crippen molar-refractivity contribution >= 4 is 11.6 Å². The molecule has 0 amide bonds. The second kappa shape index (κ2) is 5.35. The molecule has 3 rings (SSSR count). The number of rotatable bonds is 3. The normalized spacial score (nSPS) is 18.3. The molecule has 3 nitrogen and oxygen atoms in total. The number of benzene rings is 1. The topological polar surface area (TPSA) is 52.0 Å². The molecular formula is C15H17ClN2O. The van der Waals surface area contributed by atoms with Crippen molar-refractivity contribution in [2.24, 2.45) is 11.7 Å². The molecule has 0 saturated heterocycles. The van der Waals surface area contributed by atoms with Gasteiger partial charge in [-0.15, -0.1) is 0 Å². The van der Waals surface area contributed by atoms with Gasteiger partial charge in [-0.25, -0.2) is 4.98 Å². The van der Waals surface area contributed by atoms with Gasteiger partial charge in [-0.1, -0.05) is 29.8 Å². The summed E-state index contributed by atoms with van der Waals surface area (Å²) in [6.07, 6.45) is 3.66. The monoisotopic (exact) mass is 276 g/mol. The number of oxazole rings is 1. The maximum absolute atomic E-state index is 6.16. The minimum absolute atomic E-state index is 0.536. The largest absolute Gasteiger partial charge is 0.445 e.